The summed E-state index contributed by atoms with van der Waals surface area (Å²) in [5.74, 6) is 0.629. The molecule has 0 saturated carbocycles. The van der Waals surface area contributed by atoms with E-state index < -0.39 is 0 Å². The van der Waals surface area contributed by atoms with E-state index in [4.69, 9.17) is 0 Å². The number of aryl methyl sites for hydroxylation is 2. The molecule has 0 spiro atoms. The normalized spacial score (nSPS) is 12.8. The number of hydrogen-bond acceptors (Lipinski definition) is 4. The molecule has 29 heavy (non-hydrogen) atoms. The van der Waals surface area contributed by atoms with E-state index in [9.17, 15) is 4.79 Å². The minimum Gasteiger partial charge on any atom is -0.361 e. The van der Waals surface area contributed by atoms with Gasteiger partial charge in [-0.05, 0) is 44.4 Å². The average molecular weight is 393 g/mol. The number of fused-ring (bicyclic) bond motifs is 1. The Morgan fingerprint density at radius 2 is 1.93 bits per heavy atom. The molecular weight excluding hydrogens is 364 g/mol. The summed E-state index contributed by atoms with van der Waals surface area (Å²) < 4.78 is 0. The highest BCUT2D eigenvalue weighted by atomic mass is 16.2. The van der Waals surface area contributed by atoms with E-state index in [-0.39, 0.29) is 11.8 Å². The number of benzene rings is 1. The number of amides is 1. The van der Waals surface area contributed by atoms with Gasteiger partial charge < -0.3 is 4.98 Å². The fourth-order valence-corrected chi connectivity index (χ4v) is 3.05. The van der Waals surface area contributed by atoms with Crippen LogP contribution in [-0.2, 0) is 11.2 Å². The molecule has 1 amide bonds. The Morgan fingerprint density at radius 3 is 2.66 bits per heavy atom. The highest BCUT2D eigenvalue weighted by Gasteiger charge is 2.14. The van der Waals surface area contributed by atoms with Crippen molar-refractivity contribution in [3.63, 3.8) is 0 Å². The number of hydrogen-bond donors (Lipinski definition) is 3. The van der Waals surface area contributed by atoms with E-state index in [1.54, 1.807) is 0 Å². The number of rotatable bonds is 6. The van der Waals surface area contributed by atoms with Gasteiger partial charge in [0.05, 0.1) is 0 Å². The van der Waals surface area contributed by atoms with Crippen LogP contribution in [0.1, 0.15) is 37.2 Å². The van der Waals surface area contributed by atoms with Gasteiger partial charge in [0.2, 0.25) is 17.8 Å². The van der Waals surface area contributed by atoms with Gasteiger partial charge in [0, 0.05) is 41.0 Å². The summed E-state index contributed by atoms with van der Waals surface area (Å²) in [4.78, 5) is 29.0. The van der Waals surface area contributed by atoms with Gasteiger partial charge in [-0.3, -0.25) is 20.4 Å². The van der Waals surface area contributed by atoms with Crippen LogP contribution in [0.4, 0.5) is 5.95 Å². The van der Waals surface area contributed by atoms with Crippen LogP contribution < -0.4 is 10.6 Å². The zero-order valence-corrected chi connectivity index (χ0v) is 17.4. The van der Waals surface area contributed by atoms with Gasteiger partial charge >= 0.3 is 0 Å². The maximum atomic E-state index is 12.4. The largest absolute Gasteiger partial charge is 0.361 e. The molecule has 7 nitrogen and oxygen atoms in total. The fourth-order valence-electron chi connectivity index (χ4n) is 3.05. The summed E-state index contributed by atoms with van der Waals surface area (Å²) in [6, 6.07) is 10.1. The monoisotopic (exact) mass is 392 g/mol. The third kappa shape index (κ3) is 5.40. The minimum atomic E-state index is -0.101. The Kier molecular flexibility index (Phi) is 6.59. The first-order valence-corrected chi connectivity index (χ1v) is 9.96. The third-order valence-electron chi connectivity index (χ3n) is 4.84. The van der Waals surface area contributed by atoms with Gasteiger partial charge in [-0.15, -0.1) is 0 Å². The summed E-state index contributed by atoms with van der Waals surface area (Å²) in [7, 11) is 0. The van der Waals surface area contributed by atoms with Crippen LogP contribution in [0.3, 0.4) is 0 Å². The minimum absolute atomic E-state index is 0.0739. The number of carbonyl (C=O) groups is 1. The molecule has 0 radical (unpaired) electrons. The molecule has 0 fully saturated rings. The van der Waals surface area contributed by atoms with Crippen LogP contribution in [-0.4, -0.2) is 33.4 Å². The van der Waals surface area contributed by atoms with Crippen molar-refractivity contribution in [1.29, 1.82) is 0 Å². The van der Waals surface area contributed by atoms with Crippen molar-refractivity contribution in [3.05, 3.63) is 53.5 Å². The van der Waals surface area contributed by atoms with Gasteiger partial charge in [0.25, 0.3) is 0 Å². The number of nitrogens with one attached hydrogen (secondary N) is 3. The van der Waals surface area contributed by atoms with Crippen LogP contribution >= 0.6 is 0 Å². The van der Waals surface area contributed by atoms with Crippen LogP contribution in [0.5, 0.6) is 0 Å². The zero-order valence-electron chi connectivity index (χ0n) is 17.4. The number of aromatic nitrogens is 3. The molecule has 3 N–H and O–H groups in total. The molecule has 7 heteroatoms. The Balaban J connectivity index is 1.76. The fraction of sp³-hybridized carbons (Fsp3) is 0.364. The van der Waals surface area contributed by atoms with Crippen LogP contribution in [0.15, 0.2) is 41.5 Å². The molecule has 1 unspecified atom stereocenters. The molecule has 0 aliphatic rings. The predicted molar refractivity (Wildman–Crippen MR) is 117 cm³/mol. The molecule has 2 aromatic heterocycles. The first-order valence-electron chi connectivity index (χ1n) is 9.96. The van der Waals surface area contributed by atoms with E-state index in [2.05, 4.69) is 42.7 Å². The summed E-state index contributed by atoms with van der Waals surface area (Å²) in [5, 5.41) is 7.15. The number of guanidine groups is 1. The van der Waals surface area contributed by atoms with Crippen LogP contribution in [0.2, 0.25) is 0 Å². The standard InChI is InChI=1S/C22H28N6O/c1-5-14(2)20(29)27-21(28-22-25-15(3)12-16(4)26-22)23-11-10-17-13-24-19-9-7-6-8-18(17)19/h6-9,12-14,24H,5,10-11H2,1-4H3,(H2,23,25,26,27,28,29). The van der Waals surface area contributed by atoms with E-state index >= 15 is 0 Å². The van der Waals surface area contributed by atoms with Gasteiger partial charge in [-0.1, -0.05) is 32.0 Å². The van der Waals surface area contributed by atoms with Crippen molar-refractivity contribution < 1.29 is 4.79 Å². The second-order valence-electron chi connectivity index (χ2n) is 7.24. The molecule has 0 aliphatic heterocycles. The summed E-state index contributed by atoms with van der Waals surface area (Å²) in [6.45, 7) is 8.22. The van der Waals surface area contributed by atoms with Crippen LogP contribution in [0.25, 0.3) is 10.9 Å². The Labute approximate surface area is 171 Å². The maximum Gasteiger partial charge on any atom is 0.229 e. The SMILES string of the molecule is CCC(C)C(=O)NC(=NCCc1c[nH]c2ccccc12)Nc1nc(C)cc(C)n1. The Bertz CT molecular complexity index is 1000. The number of anilines is 1. The molecule has 152 valence electrons. The van der Waals surface area contributed by atoms with Gasteiger partial charge in [-0.25, -0.2) is 9.97 Å². The molecule has 0 saturated heterocycles. The van der Waals surface area contributed by atoms with E-state index in [1.165, 1.54) is 10.9 Å². The van der Waals surface area contributed by atoms with Gasteiger partial charge in [0.15, 0.2) is 0 Å². The third-order valence-corrected chi connectivity index (χ3v) is 4.84. The first kappa shape index (κ1) is 20.5. The number of nitrogens with zero attached hydrogens (tertiary/aromatic N) is 3. The van der Waals surface area contributed by atoms with Crippen LogP contribution in [0, 0.1) is 19.8 Å². The molecule has 1 atom stereocenters. The maximum absolute atomic E-state index is 12.4. The molecular formula is C22H28N6O. The second-order valence-corrected chi connectivity index (χ2v) is 7.24. The second kappa shape index (κ2) is 9.32. The highest BCUT2D eigenvalue weighted by molar-refractivity contribution is 6.04. The van der Waals surface area contributed by atoms with Crippen molar-refractivity contribution in [3.8, 4) is 0 Å². The quantitative estimate of drug-likeness (QED) is 0.440. The number of aromatic amines is 1. The van der Waals surface area contributed by atoms with Crippen molar-refractivity contribution in [1.82, 2.24) is 20.3 Å². The zero-order chi connectivity index (χ0) is 20.8. The molecule has 0 bridgehead atoms. The number of aliphatic imine (C=N–C) groups is 1. The molecule has 3 rings (SSSR count). The van der Waals surface area contributed by atoms with E-state index in [0.29, 0.717) is 18.5 Å². The Morgan fingerprint density at radius 1 is 1.21 bits per heavy atom. The lowest BCUT2D eigenvalue weighted by atomic mass is 10.1. The van der Waals surface area contributed by atoms with Gasteiger partial charge in [-0.2, -0.15) is 0 Å². The first-order chi connectivity index (χ1) is 14.0. The number of para-hydroxylation sites is 1. The summed E-state index contributed by atoms with van der Waals surface area (Å²) >= 11 is 0. The number of carbonyl (C=O) groups excluding carboxylic acids is 1. The number of H-pyrrole nitrogens is 1. The van der Waals surface area contributed by atoms with Crippen molar-refractivity contribution >= 4 is 28.7 Å². The van der Waals surface area contributed by atoms with Crippen molar-refractivity contribution in [2.24, 2.45) is 10.9 Å². The highest BCUT2D eigenvalue weighted by Crippen LogP contribution is 2.18. The lowest BCUT2D eigenvalue weighted by Gasteiger charge is -2.14. The summed E-state index contributed by atoms with van der Waals surface area (Å²) in [6.07, 6.45) is 3.52. The molecule has 3 aromatic rings. The molecule has 1 aromatic carbocycles. The van der Waals surface area contributed by atoms with E-state index in [1.807, 2.05) is 52.1 Å². The Hall–Kier alpha value is -3.22. The molecule has 0 aliphatic carbocycles. The summed E-state index contributed by atoms with van der Waals surface area (Å²) in [5.41, 5.74) is 4.01. The van der Waals surface area contributed by atoms with Gasteiger partial charge in [0.1, 0.15) is 0 Å². The van der Waals surface area contributed by atoms with Crippen molar-refractivity contribution in [2.45, 2.75) is 40.5 Å². The topological polar surface area (TPSA) is 95.1 Å². The lowest BCUT2D eigenvalue weighted by Crippen LogP contribution is -2.39. The lowest BCUT2D eigenvalue weighted by molar-refractivity contribution is -0.123. The smallest absolute Gasteiger partial charge is 0.229 e. The van der Waals surface area contributed by atoms with Crippen molar-refractivity contribution in [2.75, 3.05) is 11.9 Å². The molecule has 2 heterocycles. The average Bonchev–Trinajstić information content (AvgIpc) is 3.09. The van der Waals surface area contributed by atoms with E-state index in [0.717, 1.165) is 29.7 Å². The predicted octanol–water partition coefficient (Wildman–Crippen LogP) is 3.75.